The van der Waals surface area contributed by atoms with Gasteiger partial charge in [0.15, 0.2) is 0 Å². The Morgan fingerprint density at radius 2 is 1.87 bits per heavy atom. The first-order chi connectivity index (χ1) is 14.9. The van der Waals surface area contributed by atoms with Crippen LogP contribution in [0.15, 0.2) is 65.8 Å². The van der Waals surface area contributed by atoms with Gasteiger partial charge in [-0.05, 0) is 37.1 Å². The number of hydrogen-bond donors (Lipinski definition) is 1. The molecule has 0 bridgehead atoms. The van der Waals surface area contributed by atoms with Crippen LogP contribution < -0.4 is 5.32 Å². The van der Waals surface area contributed by atoms with Crippen molar-refractivity contribution in [3.63, 3.8) is 0 Å². The Bertz CT molecular complexity index is 1200. The fraction of sp³-hybridized carbons (Fsp3) is 0.273. The van der Waals surface area contributed by atoms with E-state index in [1.54, 1.807) is 42.2 Å². The second-order valence-corrected chi connectivity index (χ2v) is 9.40. The van der Waals surface area contributed by atoms with E-state index in [4.69, 9.17) is 0 Å². The lowest BCUT2D eigenvalue weighted by atomic mass is 10.0. The molecule has 1 aliphatic rings. The van der Waals surface area contributed by atoms with Crippen molar-refractivity contribution in [2.45, 2.75) is 23.8 Å². The molecular weight excluding hydrogens is 419 g/mol. The number of aryl methyl sites for hydroxylation is 1. The number of aromatic nitrogens is 2. The van der Waals surface area contributed by atoms with E-state index in [0.29, 0.717) is 18.9 Å². The molecule has 162 valence electrons. The summed E-state index contributed by atoms with van der Waals surface area (Å²) in [7, 11) is -1.90. The Hall–Kier alpha value is -3.04. The quantitative estimate of drug-likeness (QED) is 0.636. The first kappa shape index (κ1) is 21.2. The third-order valence-corrected chi connectivity index (χ3v) is 7.30. The van der Waals surface area contributed by atoms with Crippen molar-refractivity contribution in [2.24, 2.45) is 7.05 Å². The van der Waals surface area contributed by atoms with Gasteiger partial charge in [-0.2, -0.15) is 4.31 Å². The van der Waals surface area contributed by atoms with Gasteiger partial charge in [-0.15, -0.1) is 0 Å². The zero-order valence-electron chi connectivity index (χ0n) is 17.0. The molecule has 0 radical (unpaired) electrons. The number of nitrogens with zero attached hydrogens (tertiary/aromatic N) is 3. The van der Waals surface area contributed by atoms with Crippen LogP contribution >= 0.6 is 0 Å². The largest absolute Gasteiger partial charge is 0.338 e. The molecule has 3 aromatic rings. The molecule has 0 spiro atoms. The Kier molecular flexibility index (Phi) is 5.88. The summed E-state index contributed by atoms with van der Waals surface area (Å²) in [5, 5.41) is 2.81. The van der Waals surface area contributed by atoms with Crippen LogP contribution in [-0.4, -0.2) is 41.3 Å². The van der Waals surface area contributed by atoms with Crippen molar-refractivity contribution in [3.8, 4) is 0 Å². The topological polar surface area (TPSA) is 84.3 Å². The summed E-state index contributed by atoms with van der Waals surface area (Å²) in [6.45, 7) is 0.959. The van der Waals surface area contributed by atoms with E-state index in [-0.39, 0.29) is 16.0 Å². The normalized spacial score (nSPS) is 15.7. The van der Waals surface area contributed by atoms with Crippen LogP contribution in [0.25, 0.3) is 0 Å². The smallest absolute Gasteiger partial charge is 0.252 e. The summed E-state index contributed by atoms with van der Waals surface area (Å²) in [5.41, 5.74) is 0.446. The third-order valence-electron chi connectivity index (χ3n) is 5.41. The summed E-state index contributed by atoms with van der Waals surface area (Å²) in [6.07, 6.45) is 4.93. The van der Waals surface area contributed by atoms with Gasteiger partial charge in [0.25, 0.3) is 5.91 Å². The maximum absolute atomic E-state index is 14.5. The van der Waals surface area contributed by atoms with E-state index >= 15 is 0 Å². The minimum Gasteiger partial charge on any atom is -0.338 e. The van der Waals surface area contributed by atoms with Crippen LogP contribution in [0.3, 0.4) is 0 Å². The molecule has 1 atom stereocenters. The van der Waals surface area contributed by atoms with E-state index in [1.165, 1.54) is 34.6 Å². The minimum absolute atomic E-state index is 0.0708. The van der Waals surface area contributed by atoms with Gasteiger partial charge in [0, 0.05) is 43.7 Å². The first-order valence-corrected chi connectivity index (χ1v) is 11.4. The maximum atomic E-state index is 14.5. The summed E-state index contributed by atoms with van der Waals surface area (Å²) in [4.78, 5) is 17.4. The van der Waals surface area contributed by atoms with Gasteiger partial charge >= 0.3 is 0 Å². The highest BCUT2D eigenvalue weighted by molar-refractivity contribution is 7.89. The van der Waals surface area contributed by atoms with Gasteiger partial charge in [0.05, 0.1) is 4.90 Å². The highest BCUT2D eigenvalue weighted by Crippen LogP contribution is 2.25. The Morgan fingerprint density at radius 3 is 2.55 bits per heavy atom. The molecule has 7 nitrogen and oxygen atoms in total. The average Bonchev–Trinajstić information content (AvgIpc) is 3.45. The van der Waals surface area contributed by atoms with Gasteiger partial charge in [0.2, 0.25) is 10.0 Å². The van der Waals surface area contributed by atoms with E-state index in [0.717, 1.165) is 12.8 Å². The van der Waals surface area contributed by atoms with Crippen molar-refractivity contribution >= 4 is 15.9 Å². The van der Waals surface area contributed by atoms with Crippen LogP contribution in [0, 0.1) is 5.82 Å². The highest BCUT2D eigenvalue weighted by Gasteiger charge is 2.28. The van der Waals surface area contributed by atoms with E-state index in [2.05, 4.69) is 10.3 Å². The number of carbonyl (C=O) groups is 1. The van der Waals surface area contributed by atoms with Crippen LogP contribution in [0.1, 0.15) is 40.6 Å². The molecule has 0 saturated carbocycles. The van der Waals surface area contributed by atoms with Crippen LogP contribution in [0.2, 0.25) is 0 Å². The SMILES string of the molecule is Cn1ccnc1[C@H](NC(=O)c1cccc(S(=O)(=O)N2CCCC2)c1)c1ccccc1F. The van der Waals surface area contributed by atoms with Gasteiger partial charge in [-0.1, -0.05) is 24.3 Å². The number of halogens is 1. The van der Waals surface area contributed by atoms with Crippen LogP contribution in [0.5, 0.6) is 0 Å². The lowest BCUT2D eigenvalue weighted by molar-refractivity contribution is 0.0940. The third kappa shape index (κ3) is 4.24. The molecule has 1 amide bonds. The summed E-state index contributed by atoms with van der Waals surface area (Å²) >= 11 is 0. The van der Waals surface area contributed by atoms with Gasteiger partial charge < -0.3 is 9.88 Å². The van der Waals surface area contributed by atoms with Gasteiger partial charge in [-0.3, -0.25) is 4.79 Å². The molecule has 0 unspecified atom stereocenters. The number of amides is 1. The van der Waals surface area contributed by atoms with Crippen molar-refractivity contribution in [1.82, 2.24) is 19.2 Å². The number of imidazole rings is 1. The number of hydrogen-bond acceptors (Lipinski definition) is 4. The molecule has 1 aromatic heterocycles. The standard InChI is InChI=1S/C22H23FN4O3S/c1-26-14-11-24-21(26)20(18-9-2-3-10-19(18)23)25-22(28)16-7-6-8-17(15-16)31(29,30)27-12-4-5-13-27/h2-3,6-11,14-15,20H,4-5,12-13H2,1H3,(H,25,28)/t20-/m1/s1. The van der Waals surface area contributed by atoms with Crippen LogP contribution in [-0.2, 0) is 17.1 Å². The predicted molar refractivity (Wildman–Crippen MR) is 113 cm³/mol. The molecule has 0 aliphatic carbocycles. The second-order valence-electron chi connectivity index (χ2n) is 7.46. The number of nitrogens with one attached hydrogen (secondary N) is 1. The van der Waals surface area contributed by atoms with E-state index in [1.807, 2.05) is 0 Å². The van der Waals surface area contributed by atoms with Gasteiger partial charge in [-0.25, -0.2) is 17.8 Å². The monoisotopic (exact) mass is 442 g/mol. The number of carbonyl (C=O) groups excluding carboxylic acids is 1. The molecule has 1 fully saturated rings. The van der Waals surface area contributed by atoms with Crippen LogP contribution in [0.4, 0.5) is 4.39 Å². The lowest BCUT2D eigenvalue weighted by Crippen LogP contribution is -2.32. The average molecular weight is 443 g/mol. The fourth-order valence-corrected chi connectivity index (χ4v) is 5.30. The molecule has 1 aliphatic heterocycles. The Morgan fingerprint density at radius 1 is 1.13 bits per heavy atom. The van der Waals surface area contributed by atoms with Crippen molar-refractivity contribution in [3.05, 3.63) is 83.7 Å². The summed E-state index contributed by atoms with van der Waals surface area (Å²) in [5.74, 6) is -0.532. The van der Waals surface area contributed by atoms with E-state index in [9.17, 15) is 17.6 Å². The Balaban J connectivity index is 1.66. The van der Waals surface area contributed by atoms with Crippen molar-refractivity contribution < 1.29 is 17.6 Å². The molecule has 2 heterocycles. The summed E-state index contributed by atoms with van der Waals surface area (Å²) < 4.78 is 43.4. The van der Waals surface area contributed by atoms with E-state index < -0.39 is 27.8 Å². The Labute approximate surface area is 180 Å². The molecule has 2 aromatic carbocycles. The highest BCUT2D eigenvalue weighted by atomic mass is 32.2. The first-order valence-electron chi connectivity index (χ1n) is 10.0. The molecule has 9 heteroatoms. The predicted octanol–water partition coefficient (Wildman–Crippen LogP) is 2.86. The second kappa shape index (κ2) is 8.60. The zero-order valence-corrected chi connectivity index (χ0v) is 17.8. The lowest BCUT2D eigenvalue weighted by Gasteiger charge is -2.20. The van der Waals surface area contributed by atoms with Crippen molar-refractivity contribution in [2.75, 3.05) is 13.1 Å². The number of rotatable bonds is 6. The number of sulfonamides is 1. The summed E-state index contributed by atoms with van der Waals surface area (Å²) in [6, 6.07) is 11.2. The fourth-order valence-electron chi connectivity index (χ4n) is 3.74. The molecule has 4 rings (SSSR count). The molecular formula is C22H23FN4O3S. The number of benzene rings is 2. The minimum atomic E-state index is -3.66. The zero-order chi connectivity index (χ0) is 22.0. The van der Waals surface area contributed by atoms with Crippen molar-refractivity contribution in [1.29, 1.82) is 0 Å². The van der Waals surface area contributed by atoms with Gasteiger partial charge in [0.1, 0.15) is 17.7 Å². The maximum Gasteiger partial charge on any atom is 0.252 e. The molecule has 1 saturated heterocycles. The molecule has 31 heavy (non-hydrogen) atoms. The molecule has 1 N–H and O–H groups in total.